The van der Waals surface area contributed by atoms with E-state index in [1.54, 1.807) is 13.0 Å². The second kappa shape index (κ2) is 7.68. The first kappa shape index (κ1) is 21.3. The summed E-state index contributed by atoms with van der Waals surface area (Å²) < 4.78 is 17.2. The fourth-order valence-corrected chi connectivity index (χ4v) is 4.07. The van der Waals surface area contributed by atoms with Crippen molar-refractivity contribution in [2.45, 2.75) is 83.6 Å². The van der Waals surface area contributed by atoms with Crippen LogP contribution in [0.25, 0.3) is 0 Å². The monoisotopic (exact) mass is 358 g/mol. The van der Waals surface area contributed by atoms with Gasteiger partial charge in [0.25, 0.3) is 0 Å². The van der Waals surface area contributed by atoms with Crippen molar-refractivity contribution in [1.82, 2.24) is 0 Å². The van der Waals surface area contributed by atoms with Gasteiger partial charge in [-0.2, -0.15) is 0 Å². The molecule has 4 atom stereocenters. The zero-order valence-electron chi connectivity index (χ0n) is 16.2. The van der Waals surface area contributed by atoms with E-state index in [1.807, 2.05) is 6.92 Å². The average Bonchev–Trinajstić information content (AvgIpc) is 2.40. The molecule has 1 N–H and O–H groups in total. The van der Waals surface area contributed by atoms with Crippen LogP contribution in [0.3, 0.4) is 0 Å². The first-order valence-corrected chi connectivity index (χ1v) is 11.6. The van der Waals surface area contributed by atoms with Crippen LogP contribution in [-0.4, -0.2) is 44.0 Å². The molecule has 24 heavy (non-hydrogen) atoms. The fraction of sp³-hybridized carbons (Fsp3) is 0.833. The Labute approximate surface area is 147 Å². The lowest BCUT2D eigenvalue weighted by molar-refractivity contribution is -0.260. The second-order valence-corrected chi connectivity index (χ2v) is 13.1. The molecule has 0 aromatic carbocycles. The smallest absolute Gasteiger partial charge is 0.308 e. The van der Waals surface area contributed by atoms with Gasteiger partial charge in [-0.15, -0.1) is 6.58 Å². The highest BCUT2D eigenvalue weighted by Crippen LogP contribution is 2.42. The number of aliphatic hydroxyl groups excluding tert-OH is 1. The molecule has 1 aliphatic heterocycles. The molecule has 1 saturated heterocycles. The highest BCUT2D eigenvalue weighted by molar-refractivity contribution is 6.74. The Morgan fingerprint density at radius 3 is 2.50 bits per heavy atom. The van der Waals surface area contributed by atoms with Gasteiger partial charge in [-0.1, -0.05) is 26.8 Å². The van der Waals surface area contributed by atoms with Crippen molar-refractivity contribution in [2.24, 2.45) is 5.92 Å². The topological polar surface area (TPSA) is 65.0 Å². The molecule has 0 aromatic heterocycles. The van der Waals surface area contributed by atoms with Crippen LogP contribution >= 0.6 is 0 Å². The standard InChI is InChI=1S/C18H34O5Si/c1-9-13-11-18(6,12-14(19)21-10-2)22-16(20)15(13)23-24(7,8)17(3,4)5/h9,13,15-16,20H,1,10-12H2,2-8H3/t13-,15-,16?,18-/m0/s1. The molecule has 0 aromatic rings. The maximum Gasteiger partial charge on any atom is 0.308 e. The number of hydrogen-bond donors (Lipinski definition) is 1. The van der Waals surface area contributed by atoms with E-state index in [0.29, 0.717) is 13.0 Å². The molecule has 1 heterocycles. The molecule has 0 saturated carbocycles. The third-order valence-electron chi connectivity index (χ3n) is 5.14. The molecule has 1 unspecified atom stereocenters. The molecular formula is C18H34O5Si. The molecule has 5 nitrogen and oxygen atoms in total. The van der Waals surface area contributed by atoms with E-state index in [4.69, 9.17) is 13.9 Å². The van der Waals surface area contributed by atoms with Crippen molar-refractivity contribution in [3.63, 3.8) is 0 Å². The van der Waals surface area contributed by atoms with Gasteiger partial charge in [-0.25, -0.2) is 0 Å². The lowest BCUT2D eigenvalue weighted by atomic mass is 9.83. The molecule has 0 spiro atoms. The Morgan fingerprint density at radius 1 is 1.46 bits per heavy atom. The summed E-state index contributed by atoms with van der Waals surface area (Å²) in [6, 6.07) is 0. The lowest BCUT2D eigenvalue weighted by Gasteiger charge is -2.48. The summed E-state index contributed by atoms with van der Waals surface area (Å²) in [7, 11) is -2.06. The number of ether oxygens (including phenoxy) is 2. The Balaban J connectivity index is 2.90. The van der Waals surface area contributed by atoms with Gasteiger partial charge in [0.2, 0.25) is 0 Å². The molecule has 1 aliphatic rings. The van der Waals surface area contributed by atoms with Gasteiger partial charge in [-0.05, 0) is 38.4 Å². The fourth-order valence-electron chi connectivity index (χ4n) is 2.74. The van der Waals surface area contributed by atoms with Gasteiger partial charge >= 0.3 is 5.97 Å². The normalized spacial score (nSPS) is 31.6. The number of esters is 1. The van der Waals surface area contributed by atoms with Gasteiger partial charge in [0, 0.05) is 5.92 Å². The predicted octanol–water partition coefficient (Wildman–Crippen LogP) is 3.63. The summed E-state index contributed by atoms with van der Waals surface area (Å²) in [6.45, 7) is 18.6. The lowest BCUT2D eigenvalue weighted by Crippen LogP contribution is -2.56. The molecule has 140 valence electrons. The maximum absolute atomic E-state index is 11.8. The van der Waals surface area contributed by atoms with E-state index < -0.39 is 26.3 Å². The van der Waals surface area contributed by atoms with Gasteiger partial charge in [0.1, 0.15) is 6.10 Å². The molecule has 1 rings (SSSR count). The van der Waals surface area contributed by atoms with Crippen molar-refractivity contribution in [3.05, 3.63) is 12.7 Å². The van der Waals surface area contributed by atoms with Crippen LogP contribution in [0.4, 0.5) is 0 Å². The molecule has 0 aliphatic carbocycles. The van der Waals surface area contributed by atoms with Crippen LogP contribution in [-0.2, 0) is 18.7 Å². The molecular weight excluding hydrogens is 324 g/mol. The van der Waals surface area contributed by atoms with Gasteiger partial charge in [0.15, 0.2) is 14.6 Å². The van der Waals surface area contributed by atoms with Crippen molar-refractivity contribution < 1.29 is 23.8 Å². The first-order chi connectivity index (χ1) is 10.8. The number of rotatable bonds is 6. The zero-order valence-corrected chi connectivity index (χ0v) is 17.2. The van der Waals surface area contributed by atoms with E-state index >= 15 is 0 Å². The van der Waals surface area contributed by atoms with Gasteiger partial charge < -0.3 is 19.0 Å². The van der Waals surface area contributed by atoms with Crippen molar-refractivity contribution in [2.75, 3.05) is 6.61 Å². The van der Waals surface area contributed by atoms with Crippen molar-refractivity contribution in [1.29, 1.82) is 0 Å². The third-order valence-corrected chi connectivity index (χ3v) is 9.61. The van der Waals surface area contributed by atoms with Crippen LogP contribution in [0.1, 0.15) is 47.5 Å². The Morgan fingerprint density at radius 2 is 2.04 bits per heavy atom. The van der Waals surface area contributed by atoms with E-state index in [9.17, 15) is 9.90 Å². The zero-order chi connectivity index (χ0) is 18.8. The third kappa shape index (κ3) is 5.15. The minimum atomic E-state index is -2.06. The Hall–Kier alpha value is -0.693. The minimum Gasteiger partial charge on any atom is -0.466 e. The molecule has 1 fully saturated rings. The van der Waals surface area contributed by atoms with Gasteiger partial charge in [0.05, 0.1) is 18.6 Å². The van der Waals surface area contributed by atoms with E-state index in [-0.39, 0.29) is 23.3 Å². The minimum absolute atomic E-state index is 0.0319. The summed E-state index contributed by atoms with van der Waals surface area (Å²) in [5.74, 6) is -0.402. The van der Waals surface area contributed by atoms with E-state index in [2.05, 4.69) is 40.4 Å². The summed E-state index contributed by atoms with van der Waals surface area (Å²) in [5, 5.41) is 10.6. The number of carbonyl (C=O) groups excluding carboxylic acids is 1. The van der Waals surface area contributed by atoms with E-state index in [1.165, 1.54) is 0 Å². The maximum atomic E-state index is 11.8. The van der Waals surface area contributed by atoms with Gasteiger partial charge in [-0.3, -0.25) is 4.79 Å². The number of aliphatic hydroxyl groups is 1. The largest absolute Gasteiger partial charge is 0.466 e. The highest BCUT2D eigenvalue weighted by atomic mass is 28.4. The molecule has 0 amide bonds. The van der Waals surface area contributed by atoms with Crippen LogP contribution in [0.15, 0.2) is 12.7 Å². The summed E-state index contributed by atoms with van der Waals surface area (Å²) in [6.07, 6.45) is 0.919. The summed E-state index contributed by atoms with van der Waals surface area (Å²) >= 11 is 0. The number of hydrogen-bond acceptors (Lipinski definition) is 5. The molecule has 0 radical (unpaired) electrons. The highest BCUT2D eigenvalue weighted by Gasteiger charge is 2.48. The van der Waals surface area contributed by atoms with E-state index in [0.717, 1.165) is 0 Å². The number of carbonyl (C=O) groups is 1. The average molecular weight is 359 g/mol. The Kier molecular flexibility index (Phi) is 6.83. The van der Waals surface area contributed by atoms with Crippen molar-refractivity contribution in [3.8, 4) is 0 Å². The van der Waals surface area contributed by atoms with Crippen molar-refractivity contribution >= 4 is 14.3 Å². The quantitative estimate of drug-likeness (QED) is 0.446. The second-order valence-electron chi connectivity index (χ2n) is 8.39. The van der Waals surface area contributed by atoms with Crippen LogP contribution in [0.2, 0.25) is 18.1 Å². The van der Waals surface area contributed by atoms with Crippen LogP contribution < -0.4 is 0 Å². The summed E-state index contributed by atoms with van der Waals surface area (Å²) in [5.41, 5.74) is -0.780. The first-order valence-electron chi connectivity index (χ1n) is 8.67. The van der Waals surface area contributed by atoms with Crippen LogP contribution in [0, 0.1) is 5.92 Å². The molecule has 0 bridgehead atoms. The SMILES string of the molecule is C=C[C@H]1C[C@@](C)(CC(=O)OCC)OC(O)[C@H]1O[Si](C)(C)C(C)(C)C. The molecule has 6 heteroatoms. The Bertz CT molecular complexity index is 457. The van der Waals surface area contributed by atoms with Crippen LogP contribution in [0.5, 0.6) is 0 Å². The predicted molar refractivity (Wildman–Crippen MR) is 97.1 cm³/mol. The summed E-state index contributed by atoms with van der Waals surface area (Å²) in [4.78, 5) is 11.8.